The van der Waals surface area contributed by atoms with Gasteiger partial charge in [-0.25, -0.2) is 0 Å². The average molecular weight is 453 g/mol. The van der Waals surface area contributed by atoms with Crippen molar-refractivity contribution in [3.63, 3.8) is 0 Å². The van der Waals surface area contributed by atoms with Crippen molar-refractivity contribution in [3.8, 4) is 5.75 Å². The second kappa shape index (κ2) is 8.70. The molecule has 2 aliphatic rings. The maximum absolute atomic E-state index is 12.3. The number of carbonyl (C=O) groups excluding carboxylic acids is 1. The van der Waals surface area contributed by atoms with Crippen molar-refractivity contribution in [1.82, 2.24) is 4.90 Å². The number of carbonyl (C=O) groups is 1. The zero-order valence-electron chi connectivity index (χ0n) is 15.9. The highest BCUT2D eigenvalue weighted by molar-refractivity contribution is 8.26. The van der Waals surface area contributed by atoms with Crippen LogP contribution in [0.2, 0.25) is 0 Å². The number of anilines is 1. The van der Waals surface area contributed by atoms with E-state index < -0.39 is 15.9 Å². The predicted molar refractivity (Wildman–Crippen MR) is 118 cm³/mol. The molecule has 0 unspecified atom stereocenters. The third-order valence-corrected chi connectivity index (χ3v) is 6.32. The lowest BCUT2D eigenvalue weighted by Crippen LogP contribution is -2.27. The number of benzene rings is 1. The normalized spacial score (nSPS) is 20.0. The molecule has 0 spiro atoms. The lowest BCUT2D eigenvalue weighted by Gasteiger charge is -2.17. The van der Waals surface area contributed by atoms with Crippen molar-refractivity contribution < 1.29 is 22.5 Å². The van der Waals surface area contributed by atoms with Gasteiger partial charge in [-0.3, -0.25) is 14.2 Å². The molecule has 1 amide bonds. The molecule has 154 valence electrons. The van der Waals surface area contributed by atoms with Crippen LogP contribution in [0.4, 0.5) is 5.69 Å². The third kappa shape index (κ3) is 5.08. The predicted octanol–water partition coefficient (Wildman–Crippen LogP) is 3.33. The number of para-hydroxylation sites is 2. The number of nitrogens with zero attached hydrogens (tertiary/aromatic N) is 2. The van der Waals surface area contributed by atoms with Gasteiger partial charge in [0.15, 0.2) is 5.75 Å². The summed E-state index contributed by atoms with van der Waals surface area (Å²) in [6.07, 6.45) is 5.24. The molecule has 0 bridgehead atoms. The molecule has 1 saturated heterocycles. The lowest BCUT2D eigenvalue weighted by molar-refractivity contribution is -0.122. The smallest absolute Gasteiger partial charge is 0.266 e. The molecule has 1 fully saturated rings. The Labute approximate surface area is 179 Å². The molecule has 0 atom stereocenters. The first-order valence-electron chi connectivity index (χ1n) is 8.83. The standard InChI is InChI=1S/C19H20N2O5S3/c1-3-20-18(22)16(28-19(20)27)12-13(2)8-9-17-21(10-11-29(23,24)25)14-6-4-5-7-15(14)26-17/h4-9,12H,3,10-11H2,1-2H3,(H,23,24,25). The van der Waals surface area contributed by atoms with Crippen LogP contribution >= 0.6 is 24.0 Å². The number of ether oxygens (including phenoxy) is 1. The first kappa shape index (κ1) is 21.6. The second-order valence-electron chi connectivity index (χ2n) is 6.35. The Morgan fingerprint density at radius 1 is 1.31 bits per heavy atom. The van der Waals surface area contributed by atoms with Gasteiger partial charge in [0, 0.05) is 13.1 Å². The molecule has 2 heterocycles. The van der Waals surface area contributed by atoms with Crippen molar-refractivity contribution in [2.24, 2.45) is 0 Å². The fourth-order valence-electron chi connectivity index (χ4n) is 2.84. The summed E-state index contributed by atoms with van der Waals surface area (Å²) < 4.78 is 37.8. The topological polar surface area (TPSA) is 87.2 Å². The van der Waals surface area contributed by atoms with Crippen molar-refractivity contribution in [1.29, 1.82) is 0 Å². The number of likely N-dealkylation sites (N-methyl/N-ethyl adjacent to an activating group) is 1. The number of fused-ring (bicyclic) bond motifs is 1. The van der Waals surface area contributed by atoms with E-state index in [0.717, 1.165) is 11.3 Å². The van der Waals surface area contributed by atoms with E-state index in [4.69, 9.17) is 21.5 Å². The maximum Gasteiger partial charge on any atom is 0.266 e. The van der Waals surface area contributed by atoms with Crippen molar-refractivity contribution >= 4 is 50.0 Å². The van der Waals surface area contributed by atoms with Gasteiger partial charge >= 0.3 is 0 Å². The van der Waals surface area contributed by atoms with Gasteiger partial charge in [0.1, 0.15) is 4.32 Å². The average Bonchev–Trinajstić information content (AvgIpc) is 3.14. The largest absolute Gasteiger partial charge is 0.439 e. The Morgan fingerprint density at radius 2 is 2.03 bits per heavy atom. The minimum atomic E-state index is -4.11. The van der Waals surface area contributed by atoms with Gasteiger partial charge in [-0.2, -0.15) is 8.42 Å². The summed E-state index contributed by atoms with van der Waals surface area (Å²) in [5.74, 6) is 0.499. The molecule has 0 aliphatic carbocycles. The number of allylic oxidation sites excluding steroid dienone is 4. The number of thiocarbonyl (C=S) groups is 1. The van der Waals surface area contributed by atoms with E-state index in [1.54, 1.807) is 34.1 Å². The quantitative estimate of drug-likeness (QED) is 0.400. The van der Waals surface area contributed by atoms with E-state index in [2.05, 4.69) is 0 Å². The monoisotopic (exact) mass is 452 g/mol. The van der Waals surface area contributed by atoms with Crippen LogP contribution in [0.25, 0.3) is 0 Å². The fourth-order valence-corrected chi connectivity index (χ4v) is 4.69. The molecule has 1 N–H and O–H groups in total. The second-order valence-corrected chi connectivity index (χ2v) is 9.60. The minimum Gasteiger partial charge on any atom is -0.439 e. The van der Waals surface area contributed by atoms with E-state index in [0.29, 0.717) is 27.4 Å². The van der Waals surface area contributed by atoms with Crippen molar-refractivity contribution in [3.05, 3.63) is 58.9 Å². The summed E-state index contributed by atoms with van der Waals surface area (Å²) in [6.45, 7) is 4.30. The number of hydrogen-bond acceptors (Lipinski definition) is 7. The molecular formula is C19H20N2O5S3. The molecular weight excluding hydrogens is 432 g/mol. The first-order valence-corrected chi connectivity index (χ1v) is 11.7. The van der Waals surface area contributed by atoms with Crippen LogP contribution < -0.4 is 9.64 Å². The summed E-state index contributed by atoms with van der Waals surface area (Å²) in [4.78, 5) is 16.1. The van der Waals surface area contributed by atoms with Gasteiger partial charge in [-0.05, 0) is 43.7 Å². The van der Waals surface area contributed by atoms with Crippen LogP contribution in [0.5, 0.6) is 5.75 Å². The van der Waals surface area contributed by atoms with Crippen LogP contribution in [-0.2, 0) is 14.9 Å². The molecule has 0 aromatic heterocycles. The zero-order chi connectivity index (χ0) is 21.2. The summed E-state index contributed by atoms with van der Waals surface area (Å²) in [5.41, 5.74) is 1.53. The van der Waals surface area contributed by atoms with Gasteiger partial charge < -0.3 is 9.64 Å². The van der Waals surface area contributed by atoms with Crippen LogP contribution in [0.15, 0.2) is 58.9 Å². The minimum absolute atomic E-state index is 0.0454. The van der Waals surface area contributed by atoms with Crippen LogP contribution in [0, 0.1) is 0 Å². The Bertz CT molecular complexity index is 1040. The number of hydrogen-bond donors (Lipinski definition) is 1. The molecule has 7 nitrogen and oxygen atoms in total. The van der Waals surface area contributed by atoms with E-state index in [9.17, 15) is 13.2 Å². The molecule has 10 heteroatoms. The van der Waals surface area contributed by atoms with Crippen LogP contribution in [0.3, 0.4) is 0 Å². The Hall–Kier alpha value is -2.14. The molecule has 0 radical (unpaired) electrons. The van der Waals surface area contributed by atoms with Gasteiger partial charge in [-0.1, -0.05) is 42.2 Å². The van der Waals surface area contributed by atoms with Gasteiger partial charge in [0.05, 0.1) is 16.3 Å². The molecule has 1 aromatic rings. The van der Waals surface area contributed by atoms with Gasteiger partial charge in [0.25, 0.3) is 16.0 Å². The molecule has 2 aliphatic heterocycles. The highest BCUT2D eigenvalue weighted by Gasteiger charge is 2.30. The highest BCUT2D eigenvalue weighted by Crippen LogP contribution is 2.38. The lowest BCUT2D eigenvalue weighted by atomic mass is 10.2. The Kier molecular flexibility index (Phi) is 6.47. The summed E-state index contributed by atoms with van der Waals surface area (Å²) in [5, 5.41) is 0. The SMILES string of the molecule is CCN1C(=O)C(=CC(C)=CC=C2Oc3ccccc3N2CCS(=O)(=O)O)SC1=S. The highest BCUT2D eigenvalue weighted by atomic mass is 32.2. The van der Waals surface area contributed by atoms with Crippen LogP contribution in [0.1, 0.15) is 13.8 Å². The maximum atomic E-state index is 12.3. The Balaban J connectivity index is 1.83. The fraction of sp³-hybridized carbons (Fsp3) is 0.263. The summed E-state index contributed by atoms with van der Waals surface area (Å²) in [7, 11) is -4.11. The van der Waals surface area contributed by atoms with Crippen molar-refractivity contribution in [2.75, 3.05) is 23.7 Å². The van der Waals surface area contributed by atoms with Crippen LogP contribution in [-0.4, -0.2) is 46.9 Å². The first-order chi connectivity index (χ1) is 13.7. The Morgan fingerprint density at radius 3 is 2.69 bits per heavy atom. The molecule has 1 aromatic carbocycles. The van der Waals surface area contributed by atoms with E-state index >= 15 is 0 Å². The number of amides is 1. The third-order valence-electron chi connectivity index (χ3n) is 4.25. The molecule has 0 saturated carbocycles. The van der Waals surface area contributed by atoms with E-state index in [1.165, 1.54) is 11.8 Å². The number of rotatable bonds is 6. The van der Waals surface area contributed by atoms with Gasteiger partial charge in [0.2, 0.25) is 5.88 Å². The van der Waals surface area contributed by atoms with Gasteiger partial charge in [-0.15, -0.1) is 0 Å². The summed E-state index contributed by atoms with van der Waals surface area (Å²) >= 11 is 6.48. The van der Waals surface area contributed by atoms with Crippen molar-refractivity contribution in [2.45, 2.75) is 13.8 Å². The molecule has 3 rings (SSSR count). The van der Waals surface area contributed by atoms with E-state index in [-0.39, 0.29) is 12.5 Å². The molecule has 29 heavy (non-hydrogen) atoms. The van der Waals surface area contributed by atoms with E-state index in [1.807, 2.05) is 32.0 Å². The zero-order valence-corrected chi connectivity index (χ0v) is 18.3. The summed E-state index contributed by atoms with van der Waals surface area (Å²) in [6, 6.07) is 7.23. The number of thioether (sulfide) groups is 1.